The number of ether oxygens (including phenoxy) is 1. The first-order chi connectivity index (χ1) is 9.25. The van der Waals surface area contributed by atoms with Crippen LogP contribution < -0.4 is 10.1 Å². The maximum absolute atomic E-state index is 9.88. The zero-order valence-electron chi connectivity index (χ0n) is 10.8. The van der Waals surface area contributed by atoms with E-state index in [1.165, 1.54) is 5.56 Å². The number of nitrogens with one attached hydrogen (secondary N) is 1. The Kier molecular flexibility index (Phi) is 3.13. The molecule has 3 heteroatoms. The molecule has 2 atom stereocenters. The summed E-state index contributed by atoms with van der Waals surface area (Å²) in [4.78, 5) is 0. The SMILES string of the molecule is CC(NC1COc2ccccc21)c1ccccc1O. The lowest BCUT2D eigenvalue weighted by Crippen LogP contribution is -2.25. The third-order valence-electron chi connectivity index (χ3n) is 3.55. The molecule has 0 amide bonds. The molecule has 1 aliphatic rings. The van der Waals surface area contributed by atoms with Crippen LogP contribution in [0.25, 0.3) is 0 Å². The Morgan fingerprint density at radius 3 is 2.74 bits per heavy atom. The molecule has 1 heterocycles. The van der Waals surface area contributed by atoms with E-state index in [1.54, 1.807) is 6.07 Å². The van der Waals surface area contributed by atoms with Crippen LogP contribution in [0.5, 0.6) is 11.5 Å². The van der Waals surface area contributed by atoms with Crippen molar-refractivity contribution in [2.24, 2.45) is 0 Å². The minimum atomic E-state index is 0.0703. The summed E-state index contributed by atoms with van der Waals surface area (Å²) in [5.41, 5.74) is 2.09. The molecule has 19 heavy (non-hydrogen) atoms. The Balaban J connectivity index is 1.78. The summed E-state index contributed by atoms with van der Waals surface area (Å²) < 4.78 is 5.65. The highest BCUT2D eigenvalue weighted by Crippen LogP contribution is 2.34. The number of hydrogen-bond acceptors (Lipinski definition) is 3. The summed E-state index contributed by atoms with van der Waals surface area (Å²) in [6.07, 6.45) is 0. The zero-order chi connectivity index (χ0) is 13.2. The molecule has 2 aromatic carbocycles. The maximum Gasteiger partial charge on any atom is 0.124 e. The Labute approximate surface area is 112 Å². The van der Waals surface area contributed by atoms with Gasteiger partial charge in [0, 0.05) is 17.2 Å². The van der Waals surface area contributed by atoms with Gasteiger partial charge in [0.1, 0.15) is 18.1 Å². The lowest BCUT2D eigenvalue weighted by Gasteiger charge is -2.19. The summed E-state index contributed by atoms with van der Waals surface area (Å²) in [5, 5.41) is 13.4. The minimum Gasteiger partial charge on any atom is -0.508 e. The van der Waals surface area contributed by atoms with Crippen LogP contribution in [-0.4, -0.2) is 11.7 Å². The first kappa shape index (κ1) is 12.1. The van der Waals surface area contributed by atoms with E-state index >= 15 is 0 Å². The number of phenolic OH excluding ortho intramolecular Hbond substituents is 1. The average molecular weight is 255 g/mol. The Hall–Kier alpha value is -2.00. The van der Waals surface area contributed by atoms with Crippen molar-refractivity contribution >= 4 is 0 Å². The van der Waals surface area contributed by atoms with Crippen LogP contribution in [-0.2, 0) is 0 Å². The zero-order valence-corrected chi connectivity index (χ0v) is 10.8. The molecule has 1 aliphatic heterocycles. The van der Waals surface area contributed by atoms with E-state index in [0.29, 0.717) is 12.4 Å². The van der Waals surface area contributed by atoms with Gasteiger partial charge in [0.25, 0.3) is 0 Å². The van der Waals surface area contributed by atoms with Gasteiger partial charge in [0.15, 0.2) is 0 Å². The molecule has 0 aromatic heterocycles. The number of rotatable bonds is 3. The number of fused-ring (bicyclic) bond motifs is 1. The van der Waals surface area contributed by atoms with Gasteiger partial charge in [-0.2, -0.15) is 0 Å². The third-order valence-corrected chi connectivity index (χ3v) is 3.55. The van der Waals surface area contributed by atoms with E-state index in [0.717, 1.165) is 11.3 Å². The second-order valence-electron chi connectivity index (χ2n) is 4.85. The van der Waals surface area contributed by atoms with Gasteiger partial charge in [-0.25, -0.2) is 0 Å². The fourth-order valence-electron chi connectivity index (χ4n) is 2.55. The fourth-order valence-corrected chi connectivity index (χ4v) is 2.55. The molecular formula is C16H17NO2. The molecule has 2 unspecified atom stereocenters. The highest BCUT2D eigenvalue weighted by molar-refractivity contribution is 5.40. The van der Waals surface area contributed by atoms with Crippen LogP contribution in [0.4, 0.5) is 0 Å². The van der Waals surface area contributed by atoms with E-state index in [4.69, 9.17) is 4.74 Å². The second kappa shape index (κ2) is 4.94. The summed E-state index contributed by atoms with van der Waals surface area (Å²) in [6.45, 7) is 2.69. The Bertz CT molecular complexity index is 582. The van der Waals surface area contributed by atoms with Gasteiger partial charge in [-0.1, -0.05) is 36.4 Å². The molecule has 3 rings (SSSR count). The van der Waals surface area contributed by atoms with Crippen molar-refractivity contribution in [2.75, 3.05) is 6.61 Å². The van der Waals surface area contributed by atoms with E-state index < -0.39 is 0 Å². The van der Waals surface area contributed by atoms with E-state index in [1.807, 2.05) is 36.4 Å². The maximum atomic E-state index is 9.88. The van der Waals surface area contributed by atoms with Crippen molar-refractivity contribution in [3.05, 3.63) is 59.7 Å². The number of hydrogen-bond donors (Lipinski definition) is 2. The third kappa shape index (κ3) is 2.29. The second-order valence-corrected chi connectivity index (χ2v) is 4.85. The first-order valence-electron chi connectivity index (χ1n) is 6.51. The number of para-hydroxylation sites is 2. The molecular weight excluding hydrogens is 238 g/mol. The van der Waals surface area contributed by atoms with Crippen LogP contribution in [0, 0.1) is 0 Å². The monoisotopic (exact) mass is 255 g/mol. The molecule has 0 saturated heterocycles. The van der Waals surface area contributed by atoms with Crippen molar-refractivity contribution < 1.29 is 9.84 Å². The summed E-state index contributed by atoms with van der Waals surface area (Å²) in [5.74, 6) is 1.28. The summed E-state index contributed by atoms with van der Waals surface area (Å²) >= 11 is 0. The van der Waals surface area contributed by atoms with Crippen molar-refractivity contribution in [2.45, 2.75) is 19.0 Å². The highest BCUT2D eigenvalue weighted by Gasteiger charge is 2.25. The molecule has 0 spiro atoms. The van der Waals surface area contributed by atoms with Gasteiger partial charge < -0.3 is 15.2 Å². The first-order valence-corrected chi connectivity index (χ1v) is 6.51. The minimum absolute atomic E-state index is 0.0703. The van der Waals surface area contributed by atoms with Gasteiger partial charge in [-0.3, -0.25) is 0 Å². The van der Waals surface area contributed by atoms with Crippen LogP contribution in [0.2, 0.25) is 0 Å². The predicted octanol–water partition coefficient (Wildman–Crippen LogP) is 3.18. The number of aromatic hydroxyl groups is 1. The normalized spacial score (nSPS) is 18.7. The quantitative estimate of drug-likeness (QED) is 0.885. The molecule has 2 N–H and O–H groups in total. The van der Waals surface area contributed by atoms with Crippen LogP contribution in [0.1, 0.15) is 30.1 Å². The van der Waals surface area contributed by atoms with E-state index in [2.05, 4.69) is 18.3 Å². The molecule has 0 aliphatic carbocycles. The lowest BCUT2D eigenvalue weighted by atomic mass is 10.0. The molecule has 0 bridgehead atoms. The van der Waals surface area contributed by atoms with E-state index in [-0.39, 0.29) is 12.1 Å². The predicted molar refractivity (Wildman–Crippen MR) is 74.3 cm³/mol. The van der Waals surface area contributed by atoms with Gasteiger partial charge in [0.2, 0.25) is 0 Å². The largest absolute Gasteiger partial charge is 0.508 e. The summed E-state index contributed by atoms with van der Waals surface area (Å²) in [7, 11) is 0. The molecule has 2 aromatic rings. The molecule has 0 fully saturated rings. The smallest absolute Gasteiger partial charge is 0.124 e. The lowest BCUT2D eigenvalue weighted by molar-refractivity contribution is 0.299. The molecule has 98 valence electrons. The van der Waals surface area contributed by atoms with Crippen LogP contribution in [0.15, 0.2) is 48.5 Å². The van der Waals surface area contributed by atoms with Crippen LogP contribution in [0.3, 0.4) is 0 Å². The van der Waals surface area contributed by atoms with Gasteiger partial charge >= 0.3 is 0 Å². The van der Waals surface area contributed by atoms with Gasteiger partial charge in [-0.15, -0.1) is 0 Å². The highest BCUT2D eigenvalue weighted by atomic mass is 16.5. The van der Waals surface area contributed by atoms with Crippen molar-refractivity contribution in [3.63, 3.8) is 0 Å². The van der Waals surface area contributed by atoms with Gasteiger partial charge in [0.05, 0.1) is 6.04 Å². The van der Waals surface area contributed by atoms with Crippen LogP contribution >= 0.6 is 0 Å². The number of benzene rings is 2. The molecule has 3 nitrogen and oxygen atoms in total. The fraction of sp³-hybridized carbons (Fsp3) is 0.250. The Morgan fingerprint density at radius 1 is 1.16 bits per heavy atom. The molecule has 0 radical (unpaired) electrons. The van der Waals surface area contributed by atoms with Crippen molar-refractivity contribution in [1.82, 2.24) is 5.32 Å². The molecule has 0 saturated carbocycles. The van der Waals surface area contributed by atoms with E-state index in [9.17, 15) is 5.11 Å². The van der Waals surface area contributed by atoms with Gasteiger partial charge in [-0.05, 0) is 19.1 Å². The van der Waals surface area contributed by atoms with Crippen molar-refractivity contribution in [3.8, 4) is 11.5 Å². The standard InChI is InChI=1S/C16H17NO2/c1-11(12-6-2-4-8-15(12)18)17-14-10-19-16-9-5-3-7-13(14)16/h2-9,11,14,17-18H,10H2,1H3. The Morgan fingerprint density at radius 2 is 1.89 bits per heavy atom. The van der Waals surface area contributed by atoms with Crippen molar-refractivity contribution in [1.29, 1.82) is 0 Å². The number of phenols is 1. The average Bonchev–Trinajstić information content (AvgIpc) is 2.83. The topological polar surface area (TPSA) is 41.5 Å². The summed E-state index contributed by atoms with van der Waals surface area (Å²) in [6, 6.07) is 15.7.